The molecule has 0 aromatic rings. The Kier molecular flexibility index (Phi) is 2.68. The van der Waals surface area contributed by atoms with E-state index in [1.807, 2.05) is 0 Å². The van der Waals surface area contributed by atoms with Gasteiger partial charge in [-0.25, -0.2) is 0 Å². The summed E-state index contributed by atoms with van der Waals surface area (Å²) in [6, 6.07) is 0.611. The van der Waals surface area contributed by atoms with Gasteiger partial charge < -0.3 is 10.4 Å². The smallest absolute Gasteiger partial charge is 0.303 e. The van der Waals surface area contributed by atoms with Gasteiger partial charge >= 0.3 is 5.97 Å². The maximum Gasteiger partial charge on any atom is 0.303 e. The molecule has 0 radical (unpaired) electrons. The van der Waals surface area contributed by atoms with Crippen LogP contribution >= 0.6 is 0 Å². The second kappa shape index (κ2) is 3.56. The zero-order valence-electron chi connectivity index (χ0n) is 5.97. The molecule has 10 heavy (non-hydrogen) atoms. The van der Waals surface area contributed by atoms with Gasteiger partial charge in [-0.1, -0.05) is 0 Å². The second-order valence-corrected chi connectivity index (χ2v) is 2.73. The van der Waals surface area contributed by atoms with Gasteiger partial charge in [-0.3, -0.25) is 4.79 Å². The maximum atomic E-state index is 10.1. The Balaban J connectivity index is 1.89. The van der Waals surface area contributed by atoms with Crippen LogP contribution in [0.25, 0.3) is 0 Å². The van der Waals surface area contributed by atoms with Gasteiger partial charge in [0, 0.05) is 12.5 Å². The SMILES string of the molecule is O=C(O)CCCC1CCN1. The molecule has 1 atom stereocenters. The number of nitrogens with one attached hydrogen (secondary N) is 1. The molecule has 0 saturated carbocycles. The third-order valence-electron chi connectivity index (χ3n) is 1.87. The van der Waals surface area contributed by atoms with Crippen molar-refractivity contribution in [1.82, 2.24) is 5.32 Å². The molecule has 1 fully saturated rings. The normalized spacial score (nSPS) is 23.8. The Morgan fingerprint density at radius 2 is 2.40 bits per heavy atom. The van der Waals surface area contributed by atoms with Gasteiger partial charge in [0.1, 0.15) is 0 Å². The number of carbonyl (C=O) groups is 1. The van der Waals surface area contributed by atoms with Crippen LogP contribution in [0.4, 0.5) is 0 Å². The molecular formula is C7H13NO2. The second-order valence-electron chi connectivity index (χ2n) is 2.73. The van der Waals surface area contributed by atoms with E-state index in [2.05, 4.69) is 5.32 Å². The van der Waals surface area contributed by atoms with Crippen LogP contribution in [0.3, 0.4) is 0 Å². The molecule has 0 aliphatic carbocycles. The van der Waals surface area contributed by atoms with E-state index in [9.17, 15) is 4.79 Å². The first-order valence-corrected chi connectivity index (χ1v) is 3.74. The summed E-state index contributed by atoms with van der Waals surface area (Å²) in [4.78, 5) is 10.1. The summed E-state index contributed by atoms with van der Waals surface area (Å²) in [6.45, 7) is 1.11. The molecule has 1 heterocycles. The molecule has 3 nitrogen and oxygen atoms in total. The third kappa shape index (κ3) is 2.35. The van der Waals surface area contributed by atoms with Crippen LogP contribution in [-0.2, 0) is 4.79 Å². The van der Waals surface area contributed by atoms with Crippen molar-refractivity contribution in [3.8, 4) is 0 Å². The van der Waals surface area contributed by atoms with Crippen molar-refractivity contribution in [3.63, 3.8) is 0 Å². The molecule has 1 aliphatic heterocycles. The molecule has 0 spiro atoms. The minimum Gasteiger partial charge on any atom is -0.481 e. The Hall–Kier alpha value is -0.570. The lowest BCUT2D eigenvalue weighted by Gasteiger charge is -2.27. The zero-order chi connectivity index (χ0) is 7.40. The van der Waals surface area contributed by atoms with Crippen molar-refractivity contribution in [2.24, 2.45) is 0 Å². The van der Waals surface area contributed by atoms with Crippen LogP contribution in [0, 0.1) is 0 Å². The lowest BCUT2D eigenvalue weighted by Crippen LogP contribution is -2.42. The van der Waals surface area contributed by atoms with E-state index in [0.29, 0.717) is 12.5 Å². The lowest BCUT2D eigenvalue weighted by atomic mass is 10.0. The summed E-state index contributed by atoms with van der Waals surface area (Å²) < 4.78 is 0. The number of carboxylic acid groups (broad SMARTS) is 1. The Bertz CT molecular complexity index is 121. The topological polar surface area (TPSA) is 49.3 Å². The van der Waals surface area contributed by atoms with Gasteiger partial charge in [0.05, 0.1) is 0 Å². The molecule has 1 saturated heterocycles. The molecule has 2 N–H and O–H groups in total. The zero-order valence-corrected chi connectivity index (χ0v) is 5.97. The van der Waals surface area contributed by atoms with Gasteiger partial charge in [-0.2, -0.15) is 0 Å². The van der Waals surface area contributed by atoms with E-state index in [-0.39, 0.29) is 0 Å². The van der Waals surface area contributed by atoms with Crippen LogP contribution < -0.4 is 5.32 Å². The number of carboxylic acids is 1. The van der Waals surface area contributed by atoms with E-state index in [1.54, 1.807) is 0 Å². The predicted molar refractivity (Wildman–Crippen MR) is 37.9 cm³/mol. The van der Waals surface area contributed by atoms with Crippen molar-refractivity contribution in [2.45, 2.75) is 31.7 Å². The fourth-order valence-corrected chi connectivity index (χ4v) is 1.09. The summed E-state index contributed by atoms with van der Waals surface area (Å²) >= 11 is 0. The monoisotopic (exact) mass is 143 g/mol. The van der Waals surface area contributed by atoms with Gasteiger partial charge in [-0.15, -0.1) is 0 Å². The first-order valence-electron chi connectivity index (χ1n) is 3.74. The molecule has 0 amide bonds. The summed E-state index contributed by atoms with van der Waals surface area (Å²) in [5.74, 6) is -0.681. The lowest BCUT2D eigenvalue weighted by molar-refractivity contribution is -0.137. The Labute approximate surface area is 60.4 Å². The summed E-state index contributed by atoms with van der Waals surface area (Å²) in [7, 11) is 0. The van der Waals surface area contributed by atoms with Crippen molar-refractivity contribution >= 4 is 5.97 Å². The van der Waals surface area contributed by atoms with Crippen molar-refractivity contribution in [1.29, 1.82) is 0 Å². The standard InChI is InChI=1S/C7H13NO2/c9-7(10)3-1-2-6-4-5-8-6/h6,8H,1-5H2,(H,9,10). The molecule has 0 aromatic carbocycles. The highest BCUT2D eigenvalue weighted by Crippen LogP contribution is 2.09. The maximum absolute atomic E-state index is 10.1. The van der Waals surface area contributed by atoms with Crippen molar-refractivity contribution in [3.05, 3.63) is 0 Å². The predicted octanol–water partition coefficient (Wildman–Crippen LogP) is 0.603. The highest BCUT2D eigenvalue weighted by molar-refractivity contribution is 5.66. The van der Waals surface area contributed by atoms with E-state index >= 15 is 0 Å². The first-order chi connectivity index (χ1) is 4.79. The fourth-order valence-electron chi connectivity index (χ4n) is 1.09. The number of hydrogen-bond donors (Lipinski definition) is 2. The van der Waals surface area contributed by atoms with E-state index in [0.717, 1.165) is 19.4 Å². The van der Waals surface area contributed by atoms with Crippen molar-refractivity contribution < 1.29 is 9.90 Å². The summed E-state index contributed by atoms with van der Waals surface area (Å²) in [6.07, 6.45) is 3.37. The third-order valence-corrected chi connectivity index (χ3v) is 1.87. The van der Waals surface area contributed by atoms with Gasteiger partial charge in [0.25, 0.3) is 0 Å². The number of aliphatic carboxylic acids is 1. The first kappa shape index (κ1) is 7.54. The number of hydrogen-bond acceptors (Lipinski definition) is 2. The molecule has 0 aromatic heterocycles. The minimum atomic E-state index is -0.681. The Morgan fingerprint density at radius 1 is 1.70 bits per heavy atom. The molecule has 1 aliphatic rings. The highest BCUT2D eigenvalue weighted by Gasteiger charge is 2.15. The van der Waals surface area contributed by atoms with Gasteiger partial charge in [0.15, 0.2) is 0 Å². The molecule has 1 rings (SSSR count). The molecule has 0 bridgehead atoms. The van der Waals surface area contributed by atoms with Crippen LogP contribution in [-0.4, -0.2) is 23.7 Å². The van der Waals surface area contributed by atoms with E-state index < -0.39 is 5.97 Å². The average molecular weight is 143 g/mol. The summed E-state index contributed by atoms with van der Waals surface area (Å²) in [5, 5.41) is 11.5. The molecule has 58 valence electrons. The van der Waals surface area contributed by atoms with Gasteiger partial charge in [0.2, 0.25) is 0 Å². The van der Waals surface area contributed by atoms with Crippen molar-refractivity contribution in [2.75, 3.05) is 6.54 Å². The average Bonchev–Trinajstić information content (AvgIpc) is 1.75. The highest BCUT2D eigenvalue weighted by atomic mass is 16.4. The largest absolute Gasteiger partial charge is 0.481 e. The fraction of sp³-hybridized carbons (Fsp3) is 0.857. The van der Waals surface area contributed by atoms with Crippen LogP contribution in [0.1, 0.15) is 25.7 Å². The quantitative estimate of drug-likeness (QED) is 0.606. The molecular weight excluding hydrogens is 130 g/mol. The van der Waals surface area contributed by atoms with Crippen LogP contribution in [0.2, 0.25) is 0 Å². The molecule has 3 heteroatoms. The van der Waals surface area contributed by atoms with E-state index in [1.165, 1.54) is 6.42 Å². The minimum absolute atomic E-state index is 0.318. The molecule has 1 unspecified atom stereocenters. The number of rotatable bonds is 4. The van der Waals surface area contributed by atoms with Gasteiger partial charge in [-0.05, 0) is 25.8 Å². The van der Waals surface area contributed by atoms with E-state index in [4.69, 9.17) is 5.11 Å². The Morgan fingerprint density at radius 3 is 2.80 bits per heavy atom. The van der Waals surface area contributed by atoms with Crippen LogP contribution in [0.15, 0.2) is 0 Å². The van der Waals surface area contributed by atoms with Crippen LogP contribution in [0.5, 0.6) is 0 Å². The summed E-state index contributed by atoms with van der Waals surface area (Å²) in [5.41, 5.74) is 0.